The van der Waals surface area contributed by atoms with Crippen LogP contribution in [0.1, 0.15) is 33.6 Å². The fraction of sp³-hybridized carbons (Fsp3) is 1.00. The Morgan fingerprint density at radius 3 is 2.00 bits per heavy atom. The van der Waals surface area contributed by atoms with Gasteiger partial charge in [-0.25, -0.2) is 0 Å². The molecule has 0 aliphatic carbocycles. The summed E-state index contributed by atoms with van der Waals surface area (Å²) in [5.74, 6) is 2.37. The lowest BCUT2D eigenvalue weighted by molar-refractivity contribution is 0.433. The average molecular weight is 149 g/mol. The van der Waals surface area contributed by atoms with Crippen LogP contribution in [-0.4, -0.2) is 5.88 Å². The largest absolute Gasteiger partial charge is 0.126 e. The predicted octanol–water partition coefficient (Wildman–Crippen LogP) is 3.30. The minimum atomic E-state index is 0.742. The van der Waals surface area contributed by atoms with Gasteiger partial charge in [0.1, 0.15) is 0 Å². The van der Waals surface area contributed by atoms with E-state index in [9.17, 15) is 0 Å². The monoisotopic (exact) mass is 148 g/mol. The summed E-state index contributed by atoms with van der Waals surface area (Å²) >= 11 is 5.71. The highest BCUT2D eigenvalue weighted by Crippen LogP contribution is 2.15. The van der Waals surface area contributed by atoms with Crippen LogP contribution in [0.3, 0.4) is 0 Å². The standard InChI is InChI=1S/C8H17Cl/c1-4-8(6-9)5-7(2)3/h7-8H,4-6H2,1-3H3. The van der Waals surface area contributed by atoms with Gasteiger partial charge in [-0.05, 0) is 18.3 Å². The van der Waals surface area contributed by atoms with Gasteiger partial charge in [0.2, 0.25) is 0 Å². The van der Waals surface area contributed by atoms with Crippen molar-refractivity contribution in [1.82, 2.24) is 0 Å². The Morgan fingerprint density at radius 1 is 1.33 bits per heavy atom. The molecular formula is C8H17Cl. The molecule has 0 fully saturated rings. The molecule has 0 aliphatic rings. The van der Waals surface area contributed by atoms with E-state index in [4.69, 9.17) is 11.6 Å². The van der Waals surface area contributed by atoms with Gasteiger partial charge in [-0.1, -0.05) is 27.2 Å². The maximum absolute atomic E-state index is 5.71. The fourth-order valence-corrected chi connectivity index (χ4v) is 1.35. The zero-order valence-electron chi connectivity index (χ0n) is 6.65. The van der Waals surface area contributed by atoms with Gasteiger partial charge in [-0.15, -0.1) is 11.6 Å². The predicted molar refractivity (Wildman–Crippen MR) is 44.0 cm³/mol. The first kappa shape index (κ1) is 9.29. The molecule has 1 unspecified atom stereocenters. The van der Waals surface area contributed by atoms with Crippen molar-refractivity contribution >= 4 is 11.6 Å². The third-order valence-corrected chi connectivity index (χ3v) is 2.04. The van der Waals surface area contributed by atoms with Crippen molar-refractivity contribution in [2.24, 2.45) is 11.8 Å². The van der Waals surface area contributed by atoms with Crippen LogP contribution in [0.2, 0.25) is 0 Å². The normalized spacial score (nSPS) is 14.3. The number of hydrogen-bond donors (Lipinski definition) is 0. The average Bonchev–Trinajstić information content (AvgIpc) is 1.82. The van der Waals surface area contributed by atoms with Crippen molar-refractivity contribution in [2.45, 2.75) is 33.6 Å². The summed E-state index contributed by atoms with van der Waals surface area (Å²) in [6, 6.07) is 0. The number of hydrogen-bond acceptors (Lipinski definition) is 0. The molecule has 0 aromatic rings. The van der Waals surface area contributed by atoms with Gasteiger partial charge in [-0.3, -0.25) is 0 Å². The van der Waals surface area contributed by atoms with Crippen LogP contribution in [-0.2, 0) is 0 Å². The first-order chi connectivity index (χ1) is 4.20. The minimum Gasteiger partial charge on any atom is -0.126 e. The second-order valence-electron chi connectivity index (χ2n) is 3.06. The van der Waals surface area contributed by atoms with Gasteiger partial charge in [0.25, 0.3) is 0 Å². The van der Waals surface area contributed by atoms with Crippen LogP contribution in [0.15, 0.2) is 0 Å². The summed E-state index contributed by atoms with van der Waals surface area (Å²) < 4.78 is 0. The lowest BCUT2D eigenvalue weighted by atomic mass is 9.97. The smallest absolute Gasteiger partial charge is 0.0251 e. The van der Waals surface area contributed by atoms with Crippen LogP contribution in [0.4, 0.5) is 0 Å². The number of rotatable bonds is 4. The van der Waals surface area contributed by atoms with E-state index in [1.807, 2.05) is 0 Å². The number of halogens is 1. The van der Waals surface area contributed by atoms with E-state index in [1.165, 1.54) is 12.8 Å². The van der Waals surface area contributed by atoms with Crippen LogP contribution in [0, 0.1) is 11.8 Å². The van der Waals surface area contributed by atoms with Gasteiger partial charge in [0.05, 0.1) is 0 Å². The van der Waals surface area contributed by atoms with Crippen molar-refractivity contribution in [2.75, 3.05) is 5.88 Å². The molecule has 0 rings (SSSR count). The van der Waals surface area contributed by atoms with E-state index in [0.29, 0.717) is 0 Å². The Morgan fingerprint density at radius 2 is 1.89 bits per heavy atom. The Bertz CT molecular complexity index is 55.6. The van der Waals surface area contributed by atoms with Crippen molar-refractivity contribution < 1.29 is 0 Å². The molecule has 0 radical (unpaired) electrons. The van der Waals surface area contributed by atoms with E-state index >= 15 is 0 Å². The summed E-state index contributed by atoms with van der Waals surface area (Å²) in [5, 5.41) is 0. The second-order valence-corrected chi connectivity index (χ2v) is 3.37. The molecule has 0 amide bonds. The molecular weight excluding hydrogens is 132 g/mol. The van der Waals surface area contributed by atoms with Crippen LogP contribution in [0.5, 0.6) is 0 Å². The SMILES string of the molecule is CCC(CCl)CC(C)C. The van der Waals surface area contributed by atoms with Gasteiger partial charge in [-0.2, -0.15) is 0 Å². The van der Waals surface area contributed by atoms with Gasteiger partial charge >= 0.3 is 0 Å². The maximum Gasteiger partial charge on any atom is 0.0251 e. The highest BCUT2D eigenvalue weighted by molar-refractivity contribution is 6.18. The first-order valence-corrected chi connectivity index (χ1v) is 4.30. The van der Waals surface area contributed by atoms with E-state index in [2.05, 4.69) is 20.8 Å². The Balaban J connectivity index is 3.31. The third kappa shape index (κ3) is 4.77. The fourth-order valence-electron chi connectivity index (χ4n) is 1.01. The topological polar surface area (TPSA) is 0 Å². The molecule has 0 heterocycles. The van der Waals surface area contributed by atoms with Crippen molar-refractivity contribution in [3.63, 3.8) is 0 Å². The Labute approximate surface area is 63.6 Å². The van der Waals surface area contributed by atoms with Gasteiger partial charge in [0.15, 0.2) is 0 Å². The molecule has 56 valence electrons. The first-order valence-electron chi connectivity index (χ1n) is 3.76. The third-order valence-electron chi connectivity index (χ3n) is 1.60. The van der Waals surface area contributed by atoms with Crippen LogP contribution < -0.4 is 0 Å². The van der Waals surface area contributed by atoms with E-state index < -0.39 is 0 Å². The molecule has 0 saturated heterocycles. The minimum absolute atomic E-state index is 0.742. The molecule has 0 spiro atoms. The number of alkyl halides is 1. The summed E-state index contributed by atoms with van der Waals surface area (Å²) in [4.78, 5) is 0. The van der Waals surface area contributed by atoms with E-state index in [-0.39, 0.29) is 0 Å². The lowest BCUT2D eigenvalue weighted by Crippen LogP contribution is -2.04. The Kier molecular flexibility index (Phi) is 5.27. The quantitative estimate of drug-likeness (QED) is 0.537. The van der Waals surface area contributed by atoms with Crippen LogP contribution >= 0.6 is 11.6 Å². The molecule has 0 bridgehead atoms. The zero-order valence-corrected chi connectivity index (χ0v) is 7.41. The molecule has 0 saturated carbocycles. The van der Waals surface area contributed by atoms with E-state index in [1.54, 1.807) is 0 Å². The molecule has 0 aromatic heterocycles. The van der Waals surface area contributed by atoms with Crippen molar-refractivity contribution in [1.29, 1.82) is 0 Å². The molecule has 1 atom stereocenters. The summed E-state index contributed by atoms with van der Waals surface area (Å²) in [5.41, 5.74) is 0. The van der Waals surface area contributed by atoms with E-state index in [0.717, 1.165) is 17.7 Å². The molecule has 9 heavy (non-hydrogen) atoms. The van der Waals surface area contributed by atoms with Crippen molar-refractivity contribution in [3.05, 3.63) is 0 Å². The molecule has 0 nitrogen and oxygen atoms in total. The van der Waals surface area contributed by atoms with Gasteiger partial charge < -0.3 is 0 Å². The summed E-state index contributed by atoms with van der Waals surface area (Å²) in [6.07, 6.45) is 2.50. The lowest BCUT2D eigenvalue weighted by Gasteiger charge is -2.12. The van der Waals surface area contributed by atoms with Gasteiger partial charge in [0, 0.05) is 5.88 Å². The summed E-state index contributed by atoms with van der Waals surface area (Å²) in [7, 11) is 0. The zero-order chi connectivity index (χ0) is 7.28. The molecule has 0 N–H and O–H groups in total. The highest BCUT2D eigenvalue weighted by atomic mass is 35.5. The van der Waals surface area contributed by atoms with Crippen molar-refractivity contribution in [3.8, 4) is 0 Å². The summed E-state index contributed by atoms with van der Waals surface area (Å²) in [6.45, 7) is 6.69. The molecule has 1 heteroatoms. The molecule has 0 aliphatic heterocycles. The van der Waals surface area contributed by atoms with Crippen LogP contribution in [0.25, 0.3) is 0 Å². The highest BCUT2D eigenvalue weighted by Gasteiger charge is 2.05. The maximum atomic E-state index is 5.71. The second kappa shape index (κ2) is 5.10. The Hall–Kier alpha value is 0.290. The molecule has 0 aromatic carbocycles.